The molecule has 2 N–H and O–H groups in total. The number of thiophene rings is 1. The van der Waals surface area contributed by atoms with Gasteiger partial charge in [0.25, 0.3) is 0 Å². The number of fused-ring (bicyclic) bond motifs is 1. The highest BCUT2D eigenvalue weighted by Gasteiger charge is 2.30. The number of nitrogens with two attached hydrogens (primary N) is 1. The summed E-state index contributed by atoms with van der Waals surface area (Å²) in [7, 11) is 1.71. The molecule has 5 nitrogen and oxygen atoms in total. The summed E-state index contributed by atoms with van der Waals surface area (Å²) in [6.45, 7) is 7.49. The topological polar surface area (TPSA) is 64.8 Å². The molecule has 0 saturated carbocycles. The second kappa shape index (κ2) is 8.66. The first-order chi connectivity index (χ1) is 13.1. The monoisotopic (exact) mass is 410 g/mol. The predicted octanol–water partition coefficient (Wildman–Crippen LogP) is 4.98. The van der Waals surface area contributed by atoms with E-state index < -0.39 is 6.36 Å². The van der Waals surface area contributed by atoms with Gasteiger partial charge in [-0.25, -0.2) is 0 Å². The molecule has 0 bridgehead atoms. The molecule has 0 radical (unpaired) electrons. The lowest BCUT2D eigenvalue weighted by molar-refractivity contribution is -0.274. The Labute approximate surface area is 163 Å². The number of amides is 1. The Hall–Kier alpha value is -3.20. The largest absolute Gasteiger partial charge is 0.573 e. The Kier molecular flexibility index (Phi) is 6.53. The Morgan fingerprint density at radius 2 is 1.93 bits per heavy atom. The summed E-state index contributed by atoms with van der Waals surface area (Å²) >= 11 is 1.49. The number of hydrogen-bond acceptors (Lipinski definition) is 5. The lowest BCUT2D eigenvalue weighted by atomic mass is 10.1. The van der Waals surface area contributed by atoms with E-state index in [1.165, 1.54) is 28.4 Å². The molecule has 0 spiro atoms. The van der Waals surface area contributed by atoms with E-state index in [0.717, 1.165) is 39.7 Å². The zero-order valence-electron chi connectivity index (χ0n) is 14.8. The summed E-state index contributed by atoms with van der Waals surface area (Å²) < 4.78 is 43.9. The fourth-order valence-corrected chi connectivity index (χ4v) is 3.00. The maximum atomic E-state index is 11.6. The molecule has 1 aromatic carbocycles. The second-order valence-electron chi connectivity index (χ2n) is 5.48. The van der Waals surface area contributed by atoms with Gasteiger partial charge in [-0.1, -0.05) is 19.2 Å². The lowest BCUT2D eigenvalue weighted by Gasteiger charge is -2.13. The fourth-order valence-electron chi connectivity index (χ4n) is 2.04. The van der Waals surface area contributed by atoms with Crippen LogP contribution >= 0.6 is 11.3 Å². The van der Waals surface area contributed by atoms with E-state index in [9.17, 15) is 18.0 Å². The van der Waals surface area contributed by atoms with Crippen LogP contribution in [0.4, 0.5) is 23.9 Å². The molecule has 2 aromatic rings. The molecule has 28 heavy (non-hydrogen) atoms. The van der Waals surface area contributed by atoms with E-state index in [1.54, 1.807) is 13.1 Å². The number of nitrogens with zero attached hydrogens (tertiary/aromatic N) is 1. The quantitative estimate of drug-likeness (QED) is 0.570. The Bertz CT molecular complexity index is 902. The summed E-state index contributed by atoms with van der Waals surface area (Å²) in [5.41, 5.74) is 6.52. The van der Waals surface area contributed by atoms with E-state index in [-0.39, 0.29) is 5.75 Å². The highest BCUT2D eigenvalue weighted by atomic mass is 32.1. The first kappa shape index (κ1) is 21.1. The number of rotatable bonds is 4. The Morgan fingerprint density at radius 3 is 2.46 bits per heavy atom. The molecule has 1 aliphatic rings. The van der Waals surface area contributed by atoms with Crippen LogP contribution in [0.15, 0.2) is 60.9 Å². The van der Waals surface area contributed by atoms with Gasteiger partial charge in [0.1, 0.15) is 22.3 Å². The third kappa shape index (κ3) is 5.65. The molecule has 148 valence electrons. The van der Waals surface area contributed by atoms with Crippen LogP contribution in [-0.4, -0.2) is 19.8 Å². The summed E-state index contributed by atoms with van der Waals surface area (Å²) in [6.07, 6.45) is -0.213. The number of alkyl halides is 3. The van der Waals surface area contributed by atoms with Crippen LogP contribution in [-0.2, 0) is 4.79 Å². The number of anilines is 2. The number of nitrogen functional groups attached to an aromatic ring is 1. The van der Waals surface area contributed by atoms with Crippen LogP contribution in [0.5, 0.6) is 11.5 Å². The van der Waals surface area contributed by atoms with Crippen LogP contribution in [0.1, 0.15) is 4.88 Å². The highest BCUT2D eigenvalue weighted by Crippen LogP contribution is 2.41. The number of carbonyl (C=O) groups is 1. The summed E-state index contributed by atoms with van der Waals surface area (Å²) in [5.74, 6) is 1.06. The number of hydrogen-bond donors (Lipinski definition) is 1. The van der Waals surface area contributed by atoms with Crippen molar-refractivity contribution in [1.82, 2.24) is 0 Å². The molecule has 2 heterocycles. The zero-order valence-corrected chi connectivity index (χ0v) is 15.6. The molecule has 9 heteroatoms. The molecule has 3 rings (SSSR count). The number of carbonyl (C=O) groups excluding carboxylic acids is 1. The normalized spacial score (nSPS) is 12.6. The maximum absolute atomic E-state index is 11.6. The van der Waals surface area contributed by atoms with Gasteiger partial charge < -0.3 is 20.1 Å². The van der Waals surface area contributed by atoms with Crippen molar-refractivity contribution in [3.8, 4) is 11.5 Å². The summed E-state index contributed by atoms with van der Waals surface area (Å²) in [5, 5.41) is 0.842. The van der Waals surface area contributed by atoms with Crippen molar-refractivity contribution in [2.24, 2.45) is 0 Å². The molecule has 0 saturated heterocycles. The third-order valence-electron chi connectivity index (χ3n) is 3.39. The average molecular weight is 410 g/mol. The van der Waals surface area contributed by atoms with Crippen molar-refractivity contribution in [3.05, 3.63) is 65.8 Å². The molecule has 0 aliphatic carbocycles. The van der Waals surface area contributed by atoms with E-state index in [1.807, 2.05) is 12.1 Å². The minimum Gasteiger partial charge on any atom is -0.456 e. The second-order valence-corrected chi connectivity index (χ2v) is 6.54. The van der Waals surface area contributed by atoms with Gasteiger partial charge in [0.15, 0.2) is 0 Å². The number of allylic oxidation sites excluding steroid dienone is 1. The van der Waals surface area contributed by atoms with Gasteiger partial charge in [-0.2, -0.15) is 0 Å². The molecule has 0 fully saturated rings. The molecule has 0 unspecified atom stereocenters. The van der Waals surface area contributed by atoms with Crippen LogP contribution < -0.4 is 20.1 Å². The van der Waals surface area contributed by atoms with Gasteiger partial charge in [0, 0.05) is 24.4 Å². The standard InChI is InChI=1S/C12H11NO2S.C7H6F3NO/c1-4-9-5-11-10(15-8(9)2)6-12(16-11)13(3)7-14;8-7(9,10)12-6-3-1-5(11)2-4-6/h4-7H,1-2H2,3H3;1-4H,11H2. The Morgan fingerprint density at radius 1 is 1.29 bits per heavy atom. The molecule has 1 aliphatic heterocycles. The van der Waals surface area contributed by atoms with Gasteiger partial charge in [-0.3, -0.25) is 4.79 Å². The van der Waals surface area contributed by atoms with Crippen molar-refractivity contribution in [3.63, 3.8) is 0 Å². The van der Waals surface area contributed by atoms with Crippen molar-refractivity contribution in [2.75, 3.05) is 17.7 Å². The highest BCUT2D eigenvalue weighted by molar-refractivity contribution is 7.17. The fraction of sp³-hybridized carbons (Fsp3) is 0.105. The SMILES string of the molecule is C=CC1=Cc2sc(N(C)C=O)cc2OC1=C.Nc1ccc(OC(F)(F)F)cc1. The molecular weight excluding hydrogens is 393 g/mol. The van der Waals surface area contributed by atoms with Crippen LogP contribution in [0.25, 0.3) is 6.08 Å². The summed E-state index contributed by atoms with van der Waals surface area (Å²) in [4.78, 5) is 13.1. The predicted molar refractivity (Wildman–Crippen MR) is 104 cm³/mol. The summed E-state index contributed by atoms with van der Waals surface area (Å²) in [6, 6.07) is 6.81. The lowest BCUT2D eigenvalue weighted by Crippen LogP contribution is -2.16. The minimum absolute atomic E-state index is 0.267. The van der Waals surface area contributed by atoms with Gasteiger partial charge in [0.2, 0.25) is 6.41 Å². The average Bonchev–Trinajstić information content (AvgIpc) is 3.04. The van der Waals surface area contributed by atoms with Crippen LogP contribution in [0, 0.1) is 0 Å². The Balaban J connectivity index is 0.000000209. The smallest absolute Gasteiger partial charge is 0.456 e. The van der Waals surface area contributed by atoms with Crippen LogP contribution in [0.2, 0.25) is 0 Å². The van der Waals surface area contributed by atoms with E-state index in [0.29, 0.717) is 11.4 Å². The molecule has 0 atom stereocenters. The molecule has 1 amide bonds. The van der Waals surface area contributed by atoms with E-state index in [4.69, 9.17) is 10.5 Å². The van der Waals surface area contributed by atoms with Gasteiger partial charge in [0.05, 0.1) is 4.88 Å². The number of halogens is 3. The molecule has 1 aromatic heterocycles. The van der Waals surface area contributed by atoms with E-state index >= 15 is 0 Å². The van der Waals surface area contributed by atoms with Crippen LogP contribution in [0.3, 0.4) is 0 Å². The third-order valence-corrected chi connectivity index (χ3v) is 4.55. The minimum atomic E-state index is -4.64. The van der Waals surface area contributed by atoms with E-state index in [2.05, 4.69) is 17.9 Å². The van der Waals surface area contributed by atoms with Crippen molar-refractivity contribution in [2.45, 2.75) is 6.36 Å². The van der Waals surface area contributed by atoms with Crippen molar-refractivity contribution >= 4 is 34.5 Å². The zero-order chi connectivity index (χ0) is 20.9. The van der Waals surface area contributed by atoms with Gasteiger partial charge >= 0.3 is 6.36 Å². The number of ether oxygens (including phenoxy) is 2. The molecular formula is C19H17F3N2O3S. The maximum Gasteiger partial charge on any atom is 0.573 e. The first-order valence-electron chi connectivity index (χ1n) is 7.77. The van der Waals surface area contributed by atoms with Crippen molar-refractivity contribution in [1.29, 1.82) is 0 Å². The van der Waals surface area contributed by atoms with Crippen molar-refractivity contribution < 1.29 is 27.4 Å². The number of benzene rings is 1. The van der Waals surface area contributed by atoms with Gasteiger partial charge in [-0.05, 0) is 30.3 Å². The van der Waals surface area contributed by atoms with Gasteiger partial charge in [-0.15, -0.1) is 24.5 Å². The first-order valence-corrected chi connectivity index (χ1v) is 8.59.